The number of rotatable bonds is 5. The van der Waals surface area contributed by atoms with Crippen molar-refractivity contribution in [1.29, 1.82) is 0 Å². The highest BCUT2D eigenvalue weighted by molar-refractivity contribution is 7.99. The van der Waals surface area contributed by atoms with Crippen LogP contribution in [0.3, 0.4) is 0 Å². The van der Waals surface area contributed by atoms with Crippen molar-refractivity contribution in [3.05, 3.63) is 17.5 Å². The molecule has 6 heteroatoms. The van der Waals surface area contributed by atoms with Crippen molar-refractivity contribution in [1.82, 2.24) is 15.1 Å². The Morgan fingerprint density at radius 2 is 2.42 bits per heavy atom. The van der Waals surface area contributed by atoms with E-state index >= 15 is 0 Å². The maximum Gasteiger partial charge on any atom is 0.339 e. The van der Waals surface area contributed by atoms with Crippen molar-refractivity contribution in [2.24, 2.45) is 7.05 Å². The number of aromatic nitrogens is 2. The lowest BCUT2D eigenvalue weighted by Crippen LogP contribution is -2.35. The van der Waals surface area contributed by atoms with Crippen molar-refractivity contribution in [2.45, 2.75) is 43.5 Å². The first-order valence-corrected chi connectivity index (χ1v) is 7.91. The Hall–Kier alpha value is -1.01. The van der Waals surface area contributed by atoms with Crippen LogP contribution in [0.5, 0.6) is 0 Å². The second-order valence-electron chi connectivity index (χ2n) is 5.04. The average molecular weight is 283 g/mol. The zero-order valence-corrected chi connectivity index (χ0v) is 12.2. The Labute approximate surface area is 117 Å². The first kappa shape index (κ1) is 14.4. The van der Waals surface area contributed by atoms with Crippen LogP contribution in [0.2, 0.25) is 0 Å². The van der Waals surface area contributed by atoms with Gasteiger partial charge in [-0.3, -0.25) is 4.68 Å². The van der Waals surface area contributed by atoms with Crippen LogP contribution in [0.15, 0.2) is 6.20 Å². The molecule has 2 atom stereocenters. The lowest BCUT2D eigenvalue weighted by atomic mass is 9.95. The highest BCUT2D eigenvalue weighted by Crippen LogP contribution is 2.27. The number of aryl methyl sites for hydroxylation is 1. The number of aromatic carboxylic acids is 1. The van der Waals surface area contributed by atoms with Gasteiger partial charge in [-0.15, -0.1) is 0 Å². The molecular weight excluding hydrogens is 262 g/mol. The third-order valence-corrected chi connectivity index (χ3v) is 4.90. The summed E-state index contributed by atoms with van der Waals surface area (Å²) in [4.78, 5) is 11.1. The number of nitrogens with zero attached hydrogens (tertiary/aromatic N) is 2. The fraction of sp³-hybridized carbons (Fsp3) is 0.692. The van der Waals surface area contributed by atoms with Gasteiger partial charge in [0.25, 0.3) is 0 Å². The Kier molecular flexibility index (Phi) is 4.87. The van der Waals surface area contributed by atoms with E-state index in [4.69, 9.17) is 5.11 Å². The van der Waals surface area contributed by atoms with Crippen molar-refractivity contribution in [3.8, 4) is 0 Å². The molecule has 0 amide bonds. The van der Waals surface area contributed by atoms with Gasteiger partial charge in [0.15, 0.2) is 0 Å². The minimum atomic E-state index is -0.907. The van der Waals surface area contributed by atoms with Crippen LogP contribution in [0, 0.1) is 0 Å². The van der Waals surface area contributed by atoms with Crippen LogP contribution in [-0.2, 0) is 13.6 Å². The van der Waals surface area contributed by atoms with Gasteiger partial charge in [0.05, 0.1) is 11.9 Å². The lowest BCUT2D eigenvalue weighted by Gasteiger charge is -2.28. The predicted octanol–water partition coefficient (Wildman–Crippen LogP) is 1.88. The predicted molar refractivity (Wildman–Crippen MR) is 76.6 cm³/mol. The van der Waals surface area contributed by atoms with E-state index in [1.807, 2.05) is 11.8 Å². The van der Waals surface area contributed by atoms with Crippen molar-refractivity contribution >= 4 is 17.7 Å². The van der Waals surface area contributed by atoms with Crippen molar-refractivity contribution < 1.29 is 9.90 Å². The molecule has 0 bridgehead atoms. The maximum atomic E-state index is 11.1. The van der Waals surface area contributed by atoms with E-state index in [2.05, 4.69) is 16.7 Å². The van der Waals surface area contributed by atoms with Crippen molar-refractivity contribution in [3.63, 3.8) is 0 Å². The topological polar surface area (TPSA) is 67.2 Å². The Morgan fingerprint density at radius 3 is 3.11 bits per heavy atom. The molecule has 1 fully saturated rings. The van der Waals surface area contributed by atoms with Gasteiger partial charge >= 0.3 is 5.97 Å². The zero-order chi connectivity index (χ0) is 13.8. The average Bonchev–Trinajstić information content (AvgIpc) is 2.78. The fourth-order valence-corrected chi connectivity index (χ4v) is 3.46. The molecule has 1 aromatic rings. The number of carboxylic acid groups (broad SMARTS) is 1. The van der Waals surface area contributed by atoms with E-state index in [1.54, 1.807) is 11.7 Å². The van der Waals surface area contributed by atoms with Crippen LogP contribution in [0.1, 0.15) is 41.7 Å². The molecule has 5 nitrogen and oxygen atoms in total. The summed E-state index contributed by atoms with van der Waals surface area (Å²) in [5, 5.41) is 17.4. The summed E-state index contributed by atoms with van der Waals surface area (Å²) in [7, 11) is 1.79. The van der Waals surface area contributed by atoms with Crippen LogP contribution >= 0.6 is 11.8 Å². The van der Waals surface area contributed by atoms with E-state index in [-0.39, 0.29) is 0 Å². The molecule has 0 radical (unpaired) electrons. The van der Waals surface area contributed by atoms with Crippen LogP contribution < -0.4 is 5.32 Å². The number of nitrogens with one attached hydrogen (secondary N) is 1. The van der Waals surface area contributed by atoms with E-state index in [0.29, 0.717) is 18.2 Å². The molecule has 106 valence electrons. The maximum absolute atomic E-state index is 11.1. The highest BCUT2D eigenvalue weighted by atomic mass is 32.2. The minimum absolute atomic E-state index is 0.298. The molecule has 1 aromatic heterocycles. The quantitative estimate of drug-likeness (QED) is 0.863. The summed E-state index contributed by atoms with van der Waals surface area (Å²) in [5.74, 6) is -0.907. The zero-order valence-electron chi connectivity index (χ0n) is 11.4. The molecule has 0 saturated heterocycles. The van der Waals surface area contributed by atoms with Gasteiger partial charge in [0, 0.05) is 24.9 Å². The van der Waals surface area contributed by atoms with E-state index in [9.17, 15) is 4.79 Å². The second kappa shape index (κ2) is 6.43. The summed E-state index contributed by atoms with van der Waals surface area (Å²) in [6.45, 7) is 0.573. The van der Waals surface area contributed by atoms with E-state index in [1.165, 1.54) is 31.9 Å². The second-order valence-corrected chi connectivity index (χ2v) is 6.17. The van der Waals surface area contributed by atoms with E-state index < -0.39 is 5.97 Å². The molecule has 0 spiro atoms. The monoisotopic (exact) mass is 283 g/mol. The highest BCUT2D eigenvalue weighted by Gasteiger charge is 2.22. The molecule has 2 rings (SSSR count). The standard InChI is InChI=1S/C13H21N3O2S/c1-16-12(11(7-15-16)13(17)18)8-14-9-4-3-5-10(6-9)19-2/h7,9-10,14H,3-6,8H2,1-2H3,(H,17,18). The van der Waals surface area contributed by atoms with Gasteiger partial charge in [-0.2, -0.15) is 16.9 Å². The minimum Gasteiger partial charge on any atom is -0.478 e. The number of hydrogen-bond donors (Lipinski definition) is 2. The summed E-state index contributed by atoms with van der Waals surface area (Å²) in [6, 6.07) is 0.489. The number of thioether (sulfide) groups is 1. The normalized spacial score (nSPS) is 23.5. The Balaban J connectivity index is 1.95. The SMILES string of the molecule is CSC1CCCC(NCc2c(C(=O)O)cnn2C)C1. The third-order valence-electron chi connectivity index (χ3n) is 3.81. The molecule has 1 saturated carbocycles. The largest absolute Gasteiger partial charge is 0.478 e. The molecule has 0 aliphatic heterocycles. The van der Waals surface area contributed by atoms with Gasteiger partial charge in [-0.05, 0) is 25.5 Å². The molecule has 19 heavy (non-hydrogen) atoms. The number of hydrogen-bond acceptors (Lipinski definition) is 4. The summed E-state index contributed by atoms with van der Waals surface area (Å²) < 4.78 is 1.64. The number of carbonyl (C=O) groups is 1. The molecular formula is C13H21N3O2S. The van der Waals surface area contributed by atoms with Gasteiger partial charge in [0.1, 0.15) is 5.56 Å². The molecule has 2 unspecified atom stereocenters. The summed E-state index contributed by atoms with van der Waals surface area (Å²) in [5.41, 5.74) is 1.05. The smallest absolute Gasteiger partial charge is 0.339 e. The van der Waals surface area contributed by atoms with Crippen LogP contribution in [0.25, 0.3) is 0 Å². The third kappa shape index (κ3) is 3.51. The van der Waals surface area contributed by atoms with Gasteiger partial charge in [-0.1, -0.05) is 6.42 Å². The molecule has 1 aliphatic carbocycles. The molecule has 0 aromatic carbocycles. The van der Waals surface area contributed by atoms with E-state index in [0.717, 1.165) is 10.9 Å². The first-order chi connectivity index (χ1) is 9.11. The summed E-state index contributed by atoms with van der Waals surface area (Å²) >= 11 is 1.93. The molecule has 2 N–H and O–H groups in total. The first-order valence-electron chi connectivity index (χ1n) is 6.62. The van der Waals surface area contributed by atoms with Gasteiger partial charge < -0.3 is 10.4 Å². The lowest BCUT2D eigenvalue weighted by molar-refractivity contribution is 0.0695. The summed E-state index contributed by atoms with van der Waals surface area (Å²) in [6.07, 6.45) is 8.48. The van der Waals surface area contributed by atoms with Crippen molar-refractivity contribution in [2.75, 3.05) is 6.26 Å². The number of carboxylic acids is 1. The van der Waals surface area contributed by atoms with Gasteiger partial charge in [0.2, 0.25) is 0 Å². The molecule has 1 heterocycles. The molecule has 1 aliphatic rings. The Bertz CT molecular complexity index is 447. The fourth-order valence-electron chi connectivity index (χ4n) is 2.64. The Morgan fingerprint density at radius 1 is 1.63 bits per heavy atom. The van der Waals surface area contributed by atoms with Crippen LogP contribution in [-0.4, -0.2) is 38.4 Å². The van der Waals surface area contributed by atoms with Crippen LogP contribution in [0.4, 0.5) is 0 Å². The van der Waals surface area contributed by atoms with Gasteiger partial charge in [-0.25, -0.2) is 4.79 Å².